The molecule has 3 atom stereocenters. The molecule has 3 fully saturated rings. The monoisotopic (exact) mass is 530 g/mol. The first-order valence-corrected chi connectivity index (χ1v) is 13.6. The van der Waals surface area contributed by atoms with Gasteiger partial charge in [0.15, 0.2) is 0 Å². The molecule has 3 rings (SSSR count). The summed E-state index contributed by atoms with van der Waals surface area (Å²) in [6.07, 6.45) is 12.8. The summed E-state index contributed by atoms with van der Waals surface area (Å²) in [5, 5.41) is 0. The molecule has 0 spiro atoms. The van der Waals surface area contributed by atoms with Crippen molar-refractivity contribution in [2.45, 2.75) is 110 Å². The van der Waals surface area contributed by atoms with E-state index in [1.807, 2.05) is 0 Å². The fourth-order valence-electron chi connectivity index (χ4n) is 6.62. The van der Waals surface area contributed by atoms with E-state index in [0.29, 0.717) is 41.4 Å². The van der Waals surface area contributed by atoms with E-state index >= 15 is 4.39 Å². The highest BCUT2D eigenvalue weighted by atomic mass is 19.1. The van der Waals surface area contributed by atoms with Gasteiger partial charge in [0.05, 0.1) is 6.61 Å². The van der Waals surface area contributed by atoms with Crippen LogP contribution in [0.4, 0.5) is 4.39 Å². The molecule has 0 bridgehead atoms. The number of hydrogen-bond donors (Lipinski definition) is 0. The molecule has 0 aromatic carbocycles. The minimum absolute atomic E-state index is 0. The number of halogens is 1. The third-order valence-corrected chi connectivity index (χ3v) is 8.71. The predicted molar refractivity (Wildman–Crippen MR) is 144 cm³/mol. The topological polar surface area (TPSA) is 147 Å². The Morgan fingerprint density at radius 1 is 0.757 bits per heavy atom. The van der Waals surface area contributed by atoms with E-state index in [1.54, 1.807) is 13.8 Å². The first kappa shape index (κ1) is 35.2. The molecule has 0 saturated heterocycles. The van der Waals surface area contributed by atoms with Crippen LogP contribution in [0.2, 0.25) is 0 Å². The van der Waals surface area contributed by atoms with Crippen LogP contribution >= 0.6 is 0 Å². The number of esters is 2. The van der Waals surface area contributed by atoms with E-state index in [2.05, 4.69) is 13.2 Å². The Labute approximate surface area is 222 Å². The van der Waals surface area contributed by atoms with E-state index in [0.717, 1.165) is 51.4 Å². The van der Waals surface area contributed by atoms with Crippen LogP contribution in [0.3, 0.4) is 0 Å². The molecular formula is C29H51FO7. The zero-order valence-corrected chi connectivity index (χ0v) is 22.9. The number of carbonyl (C=O) groups is 2. The maximum absolute atomic E-state index is 15.3. The standard InChI is InChI=1S/C29H45FO4.3H2O/c1-19(2)28(31)33-17-5-6-21-7-9-22(10-8-21)24-13-16-26(27(30)18-24)23-11-14-25(15-12-23)34-29(32)20(3)4;;;/h21-27H,1,3,5-18H2,2,4H3;3*1H2. The van der Waals surface area contributed by atoms with Crippen LogP contribution in [0, 0.1) is 29.6 Å². The van der Waals surface area contributed by atoms with Crippen LogP contribution < -0.4 is 0 Å². The molecule has 0 amide bonds. The summed E-state index contributed by atoms with van der Waals surface area (Å²) < 4.78 is 26.0. The van der Waals surface area contributed by atoms with Crippen LogP contribution in [-0.4, -0.2) is 47.2 Å². The van der Waals surface area contributed by atoms with Crippen molar-refractivity contribution in [3.05, 3.63) is 24.3 Å². The minimum atomic E-state index is -0.681. The largest absolute Gasteiger partial charge is 0.462 e. The van der Waals surface area contributed by atoms with Gasteiger partial charge >= 0.3 is 11.9 Å². The van der Waals surface area contributed by atoms with Gasteiger partial charge in [-0.25, -0.2) is 14.0 Å². The van der Waals surface area contributed by atoms with Gasteiger partial charge < -0.3 is 25.9 Å². The predicted octanol–water partition coefficient (Wildman–Crippen LogP) is 4.65. The van der Waals surface area contributed by atoms with E-state index in [4.69, 9.17) is 9.47 Å². The van der Waals surface area contributed by atoms with Gasteiger partial charge in [0.1, 0.15) is 12.3 Å². The van der Waals surface area contributed by atoms with Crippen LogP contribution in [0.25, 0.3) is 0 Å². The summed E-state index contributed by atoms with van der Waals surface area (Å²) >= 11 is 0. The number of ether oxygens (including phenoxy) is 2. The Bertz CT molecular complexity index is 724. The van der Waals surface area contributed by atoms with Crippen LogP contribution in [0.5, 0.6) is 0 Å². The van der Waals surface area contributed by atoms with Gasteiger partial charge in [-0.05, 0) is 114 Å². The maximum Gasteiger partial charge on any atom is 0.333 e. The molecular weight excluding hydrogens is 479 g/mol. The third-order valence-electron chi connectivity index (χ3n) is 8.71. The zero-order chi connectivity index (χ0) is 24.7. The first-order chi connectivity index (χ1) is 16.2. The molecule has 7 nitrogen and oxygen atoms in total. The summed E-state index contributed by atoms with van der Waals surface area (Å²) in [7, 11) is 0. The van der Waals surface area contributed by atoms with E-state index in [-0.39, 0.29) is 40.4 Å². The Morgan fingerprint density at radius 3 is 1.84 bits per heavy atom. The molecule has 0 radical (unpaired) electrons. The maximum atomic E-state index is 15.3. The molecule has 8 heteroatoms. The van der Waals surface area contributed by atoms with Gasteiger partial charge in [-0.2, -0.15) is 0 Å². The fourth-order valence-corrected chi connectivity index (χ4v) is 6.62. The molecule has 37 heavy (non-hydrogen) atoms. The Hall–Kier alpha value is -1.77. The number of hydrogen-bond acceptors (Lipinski definition) is 4. The second kappa shape index (κ2) is 16.9. The highest BCUT2D eigenvalue weighted by Gasteiger charge is 2.40. The molecule has 0 heterocycles. The Kier molecular flexibility index (Phi) is 16.1. The normalized spacial score (nSPS) is 31.4. The van der Waals surface area contributed by atoms with Gasteiger partial charge in [-0.1, -0.05) is 26.0 Å². The summed E-state index contributed by atoms with van der Waals surface area (Å²) in [6.45, 7) is 11.1. The summed E-state index contributed by atoms with van der Waals surface area (Å²) in [5.74, 6) is 1.96. The average molecular weight is 531 g/mol. The van der Waals surface area contributed by atoms with Crippen molar-refractivity contribution in [1.82, 2.24) is 0 Å². The molecule has 0 aromatic heterocycles. The average Bonchev–Trinajstić information content (AvgIpc) is 2.82. The zero-order valence-electron chi connectivity index (χ0n) is 22.9. The highest BCUT2D eigenvalue weighted by molar-refractivity contribution is 5.87. The van der Waals surface area contributed by atoms with E-state index < -0.39 is 6.17 Å². The van der Waals surface area contributed by atoms with Gasteiger partial charge in [0, 0.05) is 11.1 Å². The van der Waals surface area contributed by atoms with Crippen LogP contribution in [0.15, 0.2) is 24.3 Å². The summed E-state index contributed by atoms with van der Waals surface area (Å²) in [4.78, 5) is 23.2. The molecule has 0 aromatic rings. The lowest BCUT2D eigenvalue weighted by molar-refractivity contribution is -0.146. The van der Waals surface area contributed by atoms with Crippen molar-refractivity contribution < 1.29 is 39.9 Å². The van der Waals surface area contributed by atoms with Crippen LogP contribution in [0.1, 0.15) is 97.3 Å². The lowest BCUT2D eigenvalue weighted by atomic mass is 9.64. The first-order valence-electron chi connectivity index (χ1n) is 13.6. The quantitative estimate of drug-likeness (QED) is 0.242. The molecule has 3 saturated carbocycles. The lowest BCUT2D eigenvalue weighted by Crippen LogP contribution is -2.37. The third kappa shape index (κ3) is 10.5. The van der Waals surface area contributed by atoms with Crippen molar-refractivity contribution >= 4 is 11.9 Å². The second-order valence-corrected chi connectivity index (χ2v) is 11.3. The number of rotatable bonds is 9. The second-order valence-electron chi connectivity index (χ2n) is 11.3. The molecule has 3 aliphatic rings. The molecule has 3 aliphatic carbocycles. The number of alkyl halides is 1. The molecule has 0 aliphatic heterocycles. The van der Waals surface area contributed by atoms with Gasteiger partial charge in [0.2, 0.25) is 0 Å². The minimum Gasteiger partial charge on any atom is -0.462 e. The fraction of sp³-hybridized carbons (Fsp3) is 0.793. The van der Waals surface area contributed by atoms with E-state index in [1.165, 1.54) is 32.1 Å². The van der Waals surface area contributed by atoms with Gasteiger partial charge in [-0.15, -0.1) is 0 Å². The SMILES string of the molecule is C=C(C)C(=O)OCCCC1CCC(C2CCC(C3CCC(OC(=O)C(=C)C)CC3)C(F)C2)CC1.O.O.O. The molecule has 3 unspecified atom stereocenters. The Morgan fingerprint density at radius 2 is 1.30 bits per heavy atom. The van der Waals surface area contributed by atoms with Crippen molar-refractivity contribution in [1.29, 1.82) is 0 Å². The van der Waals surface area contributed by atoms with Gasteiger partial charge in [-0.3, -0.25) is 0 Å². The van der Waals surface area contributed by atoms with Gasteiger partial charge in [0.25, 0.3) is 0 Å². The number of carbonyl (C=O) groups excluding carboxylic acids is 2. The molecule has 216 valence electrons. The molecule has 6 N–H and O–H groups in total. The summed E-state index contributed by atoms with van der Waals surface area (Å²) in [6, 6.07) is 0. The summed E-state index contributed by atoms with van der Waals surface area (Å²) in [5.41, 5.74) is 0.903. The van der Waals surface area contributed by atoms with Crippen molar-refractivity contribution in [2.24, 2.45) is 29.6 Å². The Balaban J connectivity index is 0.00000432. The highest BCUT2D eigenvalue weighted by Crippen LogP contribution is 2.47. The van der Waals surface area contributed by atoms with Crippen molar-refractivity contribution in [3.8, 4) is 0 Å². The lowest BCUT2D eigenvalue weighted by Gasteiger charge is -2.43. The van der Waals surface area contributed by atoms with E-state index in [9.17, 15) is 9.59 Å². The van der Waals surface area contributed by atoms with Crippen molar-refractivity contribution in [2.75, 3.05) is 6.61 Å². The van der Waals surface area contributed by atoms with Crippen LogP contribution in [-0.2, 0) is 19.1 Å². The smallest absolute Gasteiger partial charge is 0.333 e. The van der Waals surface area contributed by atoms with Crippen molar-refractivity contribution in [3.63, 3.8) is 0 Å².